The van der Waals surface area contributed by atoms with Gasteiger partial charge < -0.3 is 15.4 Å². The molecular formula is C19H26N2O2. The van der Waals surface area contributed by atoms with Crippen molar-refractivity contribution in [3.8, 4) is 0 Å². The van der Waals surface area contributed by atoms with E-state index in [2.05, 4.69) is 41.8 Å². The fraction of sp³-hybridized carbons (Fsp3) is 0.632. The molecule has 4 heteroatoms. The van der Waals surface area contributed by atoms with E-state index in [4.69, 9.17) is 4.74 Å². The molecule has 23 heavy (non-hydrogen) atoms. The molecule has 0 bridgehead atoms. The minimum Gasteiger partial charge on any atom is -0.375 e. The van der Waals surface area contributed by atoms with Crippen molar-refractivity contribution < 1.29 is 9.53 Å². The maximum absolute atomic E-state index is 12.3. The summed E-state index contributed by atoms with van der Waals surface area (Å²) < 4.78 is 5.86. The van der Waals surface area contributed by atoms with Gasteiger partial charge in [-0.15, -0.1) is 0 Å². The van der Waals surface area contributed by atoms with Crippen molar-refractivity contribution in [2.75, 3.05) is 6.61 Å². The molecule has 0 spiro atoms. The molecule has 2 atom stereocenters. The lowest BCUT2D eigenvalue weighted by molar-refractivity contribution is 0.0591. The van der Waals surface area contributed by atoms with Gasteiger partial charge >= 0.3 is 6.03 Å². The maximum Gasteiger partial charge on any atom is 0.315 e. The average Bonchev–Trinajstić information content (AvgIpc) is 3.45. The first-order valence-corrected chi connectivity index (χ1v) is 8.90. The number of hydrogen-bond donors (Lipinski definition) is 2. The standard InChI is InChI=1S/C19H26N2O2/c1-19(10-11-23-17(19)16-8-9-16)21-18(22)20-12-13-2-4-14(5-3-13)15-6-7-15/h2-5,15-17H,6-12H2,1H3,(H2,20,21,22). The molecule has 1 aromatic rings. The summed E-state index contributed by atoms with van der Waals surface area (Å²) in [6.45, 7) is 3.44. The van der Waals surface area contributed by atoms with E-state index in [1.807, 2.05) is 0 Å². The zero-order valence-corrected chi connectivity index (χ0v) is 13.8. The quantitative estimate of drug-likeness (QED) is 0.876. The first kappa shape index (κ1) is 15.0. The highest BCUT2D eigenvalue weighted by Gasteiger charge is 2.48. The van der Waals surface area contributed by atoms with Gasteiger partial charge in [0.25, 0.3) is 0 Å². The van der Waals surface area contributed by atoms with Crippen LogP contribution in [0.2, 0.25) is 0 Å². The molecule has 1 aromatic carbocycles. The molecule has 0 aromatic heterocycles. The van der Waals surface area contributed by atoms with Crippen LogP contribution in [0.1, 0.15) is 56.1 Å². The number of carbonyl (C=O) groups excluding carboxylic acids is 1. The van der Waals surface area contributed by atoms with Crippen LogP contribution in [-0.2, 0) is 11.3 Å². The number of ether oxygens (including phenoxy) is 1. The van der Waals surface area contributed by atoms with Crippen molar-refractivity contribution in [3.63, 3.8) is 0 Å². The molecule has 1 aliphatic heterocycles. The van der Waals surface area contributed by atoms with Crippen LogP contribution in [0.3, 0.4) is 0 Å². The van der Waals surface area contributed by atoms with Crippen molar-refractivity contribution in [3.05, 3.63) is 35.4 Å². The molecule has 4 nitrogen and oxygen atoms in total. The smallest absolute Gasteiger partial charge is 0.315 e. The van der Waals surface area contributed by atoms with E-state index in [0.717, 1.165) is 24.5 Å². The number of hydrogen-bond acceptors (Lipinski definition) is 2. The predicted molar refractivity (Wildman–Crippen MR) is 89.3 cm³/mol. The lowest BCUT2D eigenvalue weighted by atomic mass is 9.90. The van der Waals surface area contributed by atoms with Crippen LogP contribution in [0.5, 0.6) is 0 Å². The summed E-state index contributed by atoms with van der Waals surface area (Å²) in [5, 5.41) is 6.15. The van der Waals surface area contributed by atoms with E-state index in [9.17, 15) is 4.79 Å². The minimum absolute atomic E-state index is 0.0880. The van der Waals surface area contributed by atoms with E-state index >= 15 is 0 Å². The Kier molecular flexibility index (Phi) is 3.80. The molecule has 2 aliphatic carbocycles. The molecular weight excluding hydrogens is 288 g/mol. The molecule has 2 amide bonds. The summed E-state index contributed by atoms with van der Waals surface area (Å²) in [5.41, 5.74) is 2.36. The van der Waals surface area contributed by atoms with Gasteiger partial charge in [0.1, 0.15) is 0 Å². The first-order chi connectivity index (χ1) is 11.1. The third kappa shape index (κ3) is 3.37. The van der Waals surface area contributed by atoms with Crippen molar-refractivity contribution in [2.24, 2.45) is 5.92 Å². The molecule has 2 saturated carbocycles. The molecule has 124 valence electrons. The van der Waals surface area contributed by atoms with E-state index in [1.165, 1.54) is 31.2 Å². The summed E-state index contributed by atoms with van der Waals surface area (Å²) in [5.74, 6) is 1.42. The highest BCUT2D eigenvalue weighted by Crippen LogP contribution is 2.43. The van der Waals surface area contributed by atoms with E-state index in [-0.39, 0.29) is 17.7 Å². The van der Waals surface area contributed by atoms with Crippen molar-refractivity contribution in [2.45, 2.75) is 63.1 Å². The predicted octanol–water partition coefficient (Wildman–Crippen LogP) is 3.32. The highest BCUT2D eigenvalue weighted by atomic mass is 16.5. The van der Waals surface area contributed by atoms with Crippen LogP contribution in [0.4, 0.5) is 4.79 Å². The third-order valence-electron chi connectivity index (χ3n) is 5.48. The fourth-order valence-corrected chi connectivity index (χ4v) is 3.72. The third-order valence-corrected chi connectivity index (χ3v) is 5.48. The van der Waals surface area contributed by atoms with Crippen molar-refractivity contribution >= 4 is 6.03 Å². The molecule has 3 aliphatic rings. The van der Waals surface area contributed by atoms with Crippen LogP contribution >= 0.6 is 0 Å². The van der Waals surface area contributed by atoms with E-state index < -0.39 is 0 Å². The van der Waals surface area contributed by atoms with Crippen LogP contribution in [0.25, 0.3) is 0 Å². The molecule has 0 radical (unpaired) electrons. The SMILES string of the molecule is CC1(NC(=O)NCc2ccc(C3CC3)cc2)CCOC1C1CC1. The van der Waals surface area contributed by atoms with Gasteiger partial charge in [0.15, 0.2) is 0 Å². The number of rotatable bonds is 5. The normalized spacial score (nSPS) is 30.2. The Morgan fingerprint density at radius 2 is 1.96 bits per heavy atom. The van der Waals surface area contributed by atoms with Gasteiger partial charge in [-0.25, -0.2) is 4.79 Å². The number of amides is 2. The Balaban J connectivity index is 1.29. The molecule has 1 saturated heterocycles. The molecule has 1 heterocycles. The Bertz CT molecular complexity index is 578. The van der Waals surface area contributed by atoms with Crippen LogP contribution in [0, 0.1) is 5.92 Å². The van der Waals surface area contributed by atoms with Gasteiger partial charge in [0.2, 0.25) is 0 Å². The van der Waals surface area contributed by atoms with Gasteiger partial charge in [-0.05, 0) is 62.0 Å². The fourth-order valence-electron chi connectivity index (χ4n) is 3.72. The number of benzene rings is 1. The molecule has 2 N–H and O–H groups in total. The van der Waals surface area contributed by atoms with E-state index in [1.54, 1.807) is 0 Å². The molecule has 4 rings (SSSR count). The summed E-state index contributed by atoms with van der Waals surface area (Å²) in [6.07, 6.45) is 6.20. The summed E-state index contributed by atoms with van der Waals surface area (Å²) in [6, 6.07) is 8.56. The highest BCUT2D eigenvalue weighted by molar-refractivity contribution is 5.75. The van der Waals surface area contributed by atoms with Crippen LogP contribution < -0.4 is 10.6 Å². The summed E-state index contributed by atoms with van der Waals surface area (Å²) >= 11 is 0. The first-order valence-electron chi connectivity index (χ1n) is 8.90. The van der Waals surface area contributed by atoms with Gasteiger partial charge in [-0.3, -0.25) is 0 Å². The zero-order chi connectivity index (χ0) is 15.9. The van der Waals surface area contributed by atoms with Gasteiger partial charge in [-0.1, -0.05) is 24.3 Å². The maximum atomic E-state index is 12.3. The largest absolute Gasteiger partial charge is 0.375 e. The van der Waals surface area contributed by atoms with Crippen molar-refractivity contribution in [1.82, 2.24) is 10.6 Å². The Morgan fingerprint density at radius 3 is 2.61 bits per heavy atom. The molecule has 3 fully saturated rings. The second kappa shape index (κ2) is 5.82. The van der Waals surface area contributed by atoms with E-state index in [0.29, 0.717) is 12.5 Å². The number of urea groups is 1. The van der Waals surface area contributed by atoms with Crippen LogP contribution in [0.15, 0.2) is 24.3 Å². The lowest BCUT2D eigenvalue weighted by Gasteiger charge is -2.31. The van der Waals surface area contributed by atoms with Gasteiger partial charge in [-0.2, -0.15) is 0 Å². The monoisotopic (exact) mass is 314 g/mol. The topological polar surface area (TPSA) is 50.4 Å². The van der Waals surface area contributed by atoms with Crippen LogP contribution in [-0.4, -0.2) is 24.3 Å². The zero-order valence-electron chi connectivity index (χ0n) is 13.8. The lowest BCUT2D eigenvalue weighted by Crippen LogP contribution is -2.55. The second-order valence-electron chi connectivity index (χ2n) is 7.62. The Morgan fingerprint density at radius 1 is 1.22 bits per heavy atom. The Labute approximate surface area is 138 Å². The summed E-state index contributed by atoms with van der Waals surface area (Å²) in [4.78, 5) is 12.3. The molecule has 2 unspecified atom stereocenters. The van der Waals surface area contributed by atoms with Crippen molar-refractivity contribution in [1.29, 1.82) is 0 Å². The van der Waals surface area contributed by atoms with Gasteiger partial charge in [0, 0.05) is 13.2 Å². The average molecular weight is 314 g/mol. The second-order valence-corrected chi connectivity index (χ2v) is 7.62. The summed E-state index contributed by atoms with van der Waals surface area (Å²) in [7, 11) is 0. The Hall–Kier alpha value is -1.55. The number of carbonyl (C=O) groups is 1. The number of nitrogens with one attached hydrogen (secondary N) is 2. The minimum atomic E-state index is -0.221. The van der Waals surface area contributed by atoms with Gasteiger partial charge in [0.05, 0.1) is 11.6 Å².